The van der Waals surface area contributed by atoms with E-state index in [0.717, 1.165) is 24.0 Å². The van der Waals surface area contributed by atoms with Crippen LogP contribution in [-0.2, 0) is 16.0 Å². The number of carbonyl (C=O) groups excluding carboxylic acids is 2. The minimum atomic E-state index is -0.401. The lowest BCUT2D eigenvalue weighted by Gasteiger charge is -2.45. The molecule has 2 aromatic carbocycles. The summed E-state index contributed by atoms with van der Waals surface area (Å²) in [6.07, 6.45) is 1.60. The molecule has 0 saturated carbocycles. The van der Waals surface area contributed by atoms with Gasteiger partial charge in [-0.1, -0.05) is 42.5 Å². The molecule has 0 aliphatic carbocycles. The third-order valence-electron chi connectivity index (χ3n) is 5.69. The summed E-state index contributed by atoms with van der Waals surface area (Å²) in [6, 6.07) is 15.5. The van der Waals surface area contributed by atoms with Gasteiger partial charge in [0.2, 0.25) is 5.91 Å². The Kier molecular flexibility index (Phi) is 5.44. The number of ether oxygens (including phenoxy) is 1. The van der Waals surface area contributed by atoms with Crippen LogP contribution in [0.3, 0.4) is 0 Å². The second kappa shape index (κ2) is 8.15. The van der Waals surface area contributed by atoms with E-state index < -0.39 is 5.92 Å². The monoisotopic (exact) mass is 378 g/mol. The molecule has 2 atom stereocenters. The van der Waals surface area contributed by atoms with Gasteiger partial charge in [0, 0.05) is 31.9 Å². The van der Waals surface area contributed by atoms with E-state index in [1.165, 1.54) is 5.56 Å². The van der Waals surface area contributed by atoms with Gasteiger partial charge in [0.1, 0.15) is 0 Å². The molecule has 0 aromatic heterocycles. The molecule has 0 spiro atoms. The molecule has 2 heterocycles. The Balaban J connectivity index is 1.68. The number of hydrogen-bond donors (Lipinski definition) is 1. The summed E-state index contributed by atoms with van der Waals surface area (Å²) in [5, 5.41) is 3.07. The molecule has 0 radical (unpaired) electrons. The summed E-state index contributed by atoms with van der Waals surface area (Å²) in [5.41, 5.74) is 3.79. The first-order valence-electron chi connectivity index (χ1n) is 10.1. The predicted molar refractivity (Wildman–Crippen MR) is 107 cm³/mol. The maximum atomic E-state index is 13.3. The number of amides is 2. The summed E-state index contributed by atoms with van der Waals surface area (Å²) in [5.74, 6) is -0.402. The molecule has 2 aliphatic heterocycles. The molecule has 2 aliphatic rings. The number of carbonyl (C=O) groups is 2. The Morgan fingerprint density at radius 1 is 1.14 bits per heavy atom. The molecule has 28 heavy (non-hydrogen) atoms. The van der Waals surface area contributed by atoms with Crippen LogP contribution < -0.4 is 5.32 Å². The molecule has 146 valence electrons. The predicted octanol–water partition coefficient (Wildman–Crippen LogP) is 3.07. The molecule has 2 aromatic rings. The van der Waals surface area contributed by atoms with Crippen LogP contribution in [0.25, 0.3) is 0 Å². The number of nitrogens with zero attached hydrogens (tertiary/aromatic N) is 1. The second-order valence-corrected chi connectivity index (χ2v) is 7.30. The summed E-state index contributed by atoms with van der Waals surface area (Å²) < 4.78 is 5.36. The third-order valence-corrected chi connectivity index (χ3v) is 5.69. The van der Waals surface area contributed by atoms with Crippen molar-refractivity contribution in [2.45, 2.75) is 31.7 Å². The summed E-state index contributed by atoms with van der Waals surface area (Å²) in [4.78, 5) is 28.3. The molecule has 0 fully saturated rings. The topological polar surface area (TPSA) is 58.6 Å². The van der Waals surface area contributed by atoms with Crippen LogP contribution in [0.5, 0.6) is 0 Å². The third kappa shape index (κ3) is 3.31. The Labute approximate surface area is 165 Å². The van der Waals surface area contributed by atoms with Crippen LogP contribution in [0.4, 0.5) is 0 Å². The highest BCUT2D eigenvalue weighted by atomic mass is 16.5. The van der Waals surface area contributed by atoms with Crippen molar-refractivity contribution in [3.63, 3.8) is 0 Å². The fourth-order valence-electron chi connectivity index (χ4n) is 4.40. The molecule has 1 N–H and O–H groups in total. The number of rotatable bonds is 6. The summed E-state index contributed by atoms with van der Waals surface area (Å²) >= 11 is 0. The zero-order valence-corrected chi connectivity index (χ0v) is 16.2. The zero-order chi connectivity index (χ0) is 19.5. The number of fused-ring (bicyclic) bond motifs is 4. The van der Waals surface area contributed by atoms with Crippen molar-refractivity contribution in [3.8, 4) is 0 Å². The number of hydrogen-bond acceptors (Lipinski definition) is 3. The van der Waals surface area contributed by atoms with Crippen molar-refractivity contribution >= 4 is 11.8 Å². The van der Waals surface area contributed by atoms with Gasteiger partial charge in [0.15, 0.2) is 0 Å². The van der Waals surface area contributed by atoms with E-state index in [9.17, 15) is 9.59 Å². The van der Waals surface area contributed by atoms with Gasteiger partial charge in [-0.25, -0.2) is 0 Å². The van der Waals surface area contributed by atoms with E-state index in [1.807, 2.05) is 48.2 Å². The molecule has 0 bridgehead atoms. The molecule has 5 nitrogen and oxygen atoms in total. The lowest BCUT2D eigenvalue weighted by molar-refractivity contribution is -0.124. The van der Waals surface area contributed by atoms with E-state index in [1.54, 1.807) is 0 Å². The lowest BCUT2D eigenvalue weighted by Crippen LogP contribution is -2.50. The van der Waals surface area contributed by atoms with Crippen LogP contribution in [-0.4, -0.2) is 43.0 Å². The molecule has 5 heteroatoms. The van der Waals surface area contributed by atoms with Gasteiger partial charge in [0.05, 0.1) is 12.0 Å². The zero-order valence-electron chi connectivity index (χ0n) is 16.2. The van der Waals surface area contributed by atoms with Gasteiger partial charge in [-0.3, -0.25) is 9.59 Å². The van der Waals surface area contributed by atoms with Crippen LogP contribution in [0.2, 0.25) is 0 Å². The van der Waals surface area contributed by atoms with Gasteiger partial charge in [-0.2, -0.15) is 0 Å². The van der Waals surface area contributed by atoms with Crippen molar-refractivity contribution in [3.05, 3.63) is 70.8 Å². The summed E-state index contributed by atoms with van der Waals surface area (Å²) in [7, 11) is 0. The molecular formula is C23H26N2O3. The quantitative estimate of drug-likeness (QED) is 0.786. The minimum absolute atomic E-state index is 0.0236. The minimum Gasteiger partial charge on any atom is -0.382 e. The average Bonchev–Trinajstić information content (AvgIpc) is 2.73. The molecule has 0 saturated heterocycles. The highest BCUT2D eigenvalue weighted by molar-refractivity contribution is 6.01. The standard InChI is InChI=1S/C23H26N2O3/c1-2-28-15-7-13-24-22(26)20-18-10-5-6-11-19(18)23(27)25-14-12-16-8-3-4-9-17(16)21(20)25/h3-6,8-11,20-21H,2,7,12-15H2,1H3,(H,24,26)/t20-,21-/m1/s1. The van der Waals surface area contributed by atoms with Crippen molar-refractivity contribution in [2.75, 3.05) is 26.3 Å². The van der Waals surface area contributed by atoms with Gasteiger partial charge in [0.25, 0.3) is 5.91 Å². The normalized spacial score (nSPS) is 20.2. The van der Waals surface area contributed by atoms with Gasteiger partial charge >= 0.3 is 0 Å². The average molecular weight is 378 g/mol. The van der Waals surface area contributed by atoms with Crippen LogP contribution >= 0.6 is 0 Å². The lowest BCUT2D eigenvalue weighted by atomic mass is 9.76. The Morgan fingerprint density at radius 3 is 2.71 bits per heavy atom. The maximum Gasteiger partial charge on any atom is 0.254 e. The SMILES string of the molecule is CCOCCCNC(=O)[C@@H]1c2ccccc2C(=O)N2CCc3ccccc3[C@H]12. The first kappa shape index (κ1) is 18.7. The van der Waals surface area contributed by atoms with E-state index in [0.29, 0.717) is 31.9 Å². The van der Waals surface area contributed by atoms with E-state index in [4.69, 9.17) is 4.74 Å². The Bertz CT molecular complexity index is 880. The van der Waals surface area contributed by atoms with Crippen molar-refractivity contribution in [2.24, 2.45) is 0 Å². The fraction of sp³-hybridized carbons (Fsp3) is 0.391. The van der Waals surface area contributed by atoms with E-state index in [2.05, 4.69) is 17.4 Å². The van der Waals surface area contributed by atoms with Crippen molar-refractivity contribution in [1.82, 2.24) is 10.2 Å². The van der Waals surface area contributed by atoms with E-state index in [-0.39, 0.29) is 17.9 Å². The van der Waals surface area contributed by atoms with Gasteiger partial charge in [-0.15, -0.1) is 0 Å². The first-order valence-corrected chi connectivity index (χ1v) is 10.1. The highest BCUT2D eigenvalue weighted by Crippen LogP contribution is 2.45. The van der Waals surface area contributed by atoms with Gasteiger partial charge in [-0.05, 0) is 42.5 Å². The molecular weight excluding hydrogens is 352 g/mol. The summed E-state index contributed by atoms with van der Waals surface area (Å²) in [6.45, 7) is 4.49. The van der Waals surface area contributed by atoms with Crippen LogP contribution in [0.15, 0.2) is 48.5 Å². The van der Waals surface area contributed by atoms with E-state index >= 15 is 0 Å². The first-order chi connectivity index (χ1) is 13.7. The van der Waals surface area contributed by atoms with Crippen LogP contribution in [0.1, 0.15) is 52.4 Å². The fourth-order valence-corrected chi connectivity index (χ4v) is 4.40. The number of benzene rings is 2. The van der Waals surface area contributed by atoms with Crippen LogP contribution in [0, 0.1) is 0 Å². The Morgan fingerprint density at radius 2 is 1.89 bits per heavy atom. The second-order valence-electron chi connectivity index (χ2n) is 7.30. The largest absolute Gasteiger partial charge is 0.382 e. The smallest absolute Gasteiger partial charge is 0.254 e. The molecule has 0 unspecified atom stereocenters. The maximum absolute atomic E-state index is 13.3. The van der Waals surface area contributed by atoms with Gasteiger partial charge < -0.3 is 15.0 Å². The Hall–Kier alpha value is -2.66. The highest BCUT2D eigenvalue weighted by Gasteiger charge is 2.45. The molecule has 2 amide bonds. The number of nitrogens with one attached hydrogen (secondary N) is 1. The molecule has 4 rings (SSSR count). The van der Waals surface area contributed by atoms with Crippen molar-refractivity contribution in [1.29, 1.82) is 0 Å². The van der Waals surface area contributed by atoms with Crippen molar-refractivity contribution < 1.29 is 14.3 Å².